The van der Waals surface area contributed by atoms with E-state index >= 15 is 0 Å². The van der Waals surface area contributed by atoms with E-state index in [0.717, 1.165) is 24.4 Å². The smallest absolute Gasteiger partial charge is 0.407 e. The molecule has 5 heteroatoms. The number of rotatable bonds is 5. The van der Waals surface area contributed by atoms with Crippen LogP contribution in [0.5, 0.6) is 0 Å². The molecule has 0 aliphatic heterocycles. The Balaban J connectivity index is 1.76. The number of carbonyl (C=O) groups is 1. The summed E-state index contributed by atoms with van der Waals surface area (Å²) in [5.74, 6) is 0.454. The Hall–Kier alpha value is -1.26. The zero-order valence-corrected chi connectivity index (χ0v) is 15.0. The van der Waals surface area contributed by atoms with Crippen LogP contribution in [0.3, 0.4) is 0 Å². The van der Waals surface area contributed by atoms with Crippen molar-refractivity contribution in [2.75, 3.05) is 6.54 Å². The summed E-state index contributed by atoms with van der Waals surface area (Å²) in [6.07, 6.45) is 3.14. The Labute approximate surface area is 143 Å². The van der Waals surface area contributed by atoms with Gasteiger partial charge in [-0.15, -0.1) is 0 Å². The van der Waals surface area contributed by atoms with Crippen LogP contribution in [0.25, 0.3) is 0 Å². The van der Waals surface area contributed by atoms with Crippen LogP contribution in [0.4, 0.5) is 4.79 Å². The lowest BCUT2D eigenvalue weighted by molar-refractivity contribution is 0.0517. The molecule has 0 radical (unpaired) electrons. The van der Waals surface area contributed by atoms with Crippen molar-refractivity contribution in [1.29, 1.82) is 0 Å². The molecular weight excluding hydrogens is 312 g/mol. The number of benzene rings is 1. The summed E-state index contributed by atoms with van der Waals surface area (Å²) in [5.41, 5.74) is 0.770. The van der Waals surface area contributed by atoms with Crippen LogP contribution in [0.1, 0.15) is 45.6 Å². The number of nitrogens with one attached hydrogen (secondary N) is 2. The molecule has 2 unspecified atom stereocenters. The zero-order valence-electron chi connectivity index (χ0n) is 14.2. The predicted molar refractivity (Wildman–Crippen MR) is 93.7 cm³/mol. The lowest BCUT2D eigenvalue weighted by atomic mass is 10.0. The summed E-state index contributed by atoms with van der Waals surface area (Å²) in [7, 11) is 0. The number of hydrogen-bond donors (Lipinski definition) is 2. The molecule has 2 N–H and O–H groups in total. The summed E-state index contributed by atoms with van der Waals surface area (Å²) in [4.78, 5) is 11.8. The minimum absolute atomic E-state index is 0.333. The Bertz CT molecular complexity index is 511. The third kappa shape index (κ3) is 6.40. The highest BCUT2D eigenvalue weighted by atomic mass is 35.5. The molecule has 1 fully saturated rings. The van der Waals surface area contributed by atoms with E-state index in [1.165, 1.54) is 12.0 Å². The van der Waals surface area contributed by atoms with Crippen LogP contribution in [-0.2, 0) is 11.3 Å². The Kier molecular flexibility index (Phi) is 6.31. The third-order valence-electron chi connectivity index (χ3n) is 4.05. The molecule has 4 nitrogen and oxygen atoms in total. The molecule has 1 aromatic rings. The number of alkyl carbamates (subject to hydrolysis) is 1. The van der Waals surface area contributed by atoms with Gasteiger partial charge < -0.3 is 15.4 Å². The first-order valence-corrected chi connectivity index (χ1v) is 8.66. The van der Waals surface area contributed by atoms with Gasteiger partial charge in [-0.2, -0.15) is 0 Å². The maximum Gasteiger partial charge on any atom is 0.407 e. The number of ether oxygens (including phenoxy) is 1. The molecule has 0 bridgehead atoms. The van der Waals surface area contributed by atoms with E-state index in [0.29, 0.717) is 18.5 Å². The van der Waals surface area contributed by atoms with Gasteiger partial charge in [0.25, 0.3) is 0 Å². The van der Waals surface area contributed by atoms with E-state index < -0.39 is 5.60 Å². The van der Waals surface area contributed by atoms with Gasteiger partial charge in [0.15, 0.2) is 0 Å². The van der Waals surface area contributed by atoms with Gasteiger partial charge in [-0.05, 0) is 57.2 Å². The first-order valence-electron chi connectivity index (χ1n) is 8.28. The lowest BCUT2D eigenvalue weighted by Crippen LogP contribution is -2.40. The van der Waals surface area contributed by atoms with Crippen molar-refractivity contribution >= 4 is 17.7 Å². The molecule has 1 aromatic carbocycles. The highest BCUT2D eigenvalue weighted by Gasteiger charge is 2.27. The second-order valence-electron chi connectivity index (χ2n) is 7.19. The summed E-state index contributed by atoms with van der Waals surface area (Å²) < 4.78 is 5.29. The second-order valence-corrected chi connectivity index (χ2v) is 7.62. The minimum Gasteiger partial charge on any atom is -0.444 e. The fourth-order valence-electron chi connectivity index (χ4n) is 2.93. The zero-order chi connectivity index (χ0) is 16.9. The quantitative estimate of drug-likeness (QED) is 0.849. The monoisotopic (exact) mass is 338 g/mol. The van der Waals surface area contributed by atoms with Crippen LogP contribution >= 0.6 is 11.6 Å². The van der Waals surface area contributed by atoms with Crippen molar-refractivity contribution in [3.63, 3.8) is 0 Å². The van der Waals surface area contributed by atoms with E-state index in [4.69, 9.17) is 16.3 Å². The van der Waals surface area contributed by atoms with Gasteiger partial charge in [0.1, 0.15) is 5.60 Å². The minimum atomic E-state index is -0.452. The van der Waals surface area contributed by atoms with Gasteiger partial charge in [-0.25, -0.2) is 4.79 Å². The molecule has 23 heavy (non-hydrogen) atoms. The molecule has 2 atom stereocenters. The first kappa shape index (κ1) is 18.1. The van der Waals surface area contributed by atoms with Crippen molar-refractivity contribution in [3.8, 4) is 0 Å². The molecule has 0 saturated heterocycles. The van der Waals surface area contributed by atoms with Crippen molar-refractivity contribution < 1.29 is 9.53 Å². The van der Waals surface area contributed by atoms with Crippen molar-refractivity contribution in [3.05, 3.63) is 34.9 Å². The summed E-state index contributed by atoms with van der Waals surface area (Å²) in [6, 6.07) is 8.33. The van der Waals surface area contributed by atoms with Crippen LogP contribution < -0.4 is 10.6 Å². The summed E-state index contributed by atoms with van der Waals surface area (Å²) >= 11 is 5.91. The maximum absolute atomic E-state index is 11.8. The van der Waals surface area contributed by atoms with E-state index in [2.05, 4.69) is 10.6 Å². The summed E-state index contributed by atoms with van der Waals surface area (Å²) in [6.45, 7) is 7.11. The van der Waals surface area contributed by atoms with E-state index in [-0.39, 0.29) is 6.09 Å². The van der Waals surface area contributed by atoms with Crippen LogP contribution in [0, 0.1) is 5.92 Å². The van der Waals surface area contributed by atoms with E-state index in [9.17, 15) is 4.79 Å². The molecule has 2 rings (SSSR count). The van der Waals surface area contributed by atoms with Gasteiger partial charge in [-0.3, -0.25) is 0 Å². The average Bonchev–Trinajstić information content (AvgIpc) is 2.90. The standard InChI is InChI=1S/C18H27ClN2O2/c1-18(2,3)23-17(22)21-12-14-5-4-6-16(14)20-11-13-7-9-15(19)10-8-13/h7-10,14,16,20H,4-6,11-12H2,1-3H3,(H,21,22). The van der Waals surface area contributed by atoms with Crippen molar-refractivity contribution in [2.24, 2.45) is 5.92 Å². The molecule has 1 aliphatic carbocycles. The van der Waals surface area contributed by atoms with Gasteiger partial charge in [0.05, 0.1) is 0 Å². The number of amides is 1. The first-order chi connectivity index (χ1) is 10.8. The lowest BCUT2D eigenvalue weighted by Gasteiger charge is -2.23. The van der Waals surface area contributed by atoms with Crippen LogP contribution in [0.15, 0.2) is 24.3 Å². The fourth-order valence-corrected chi connectivity index (χ4v) is 3.06. The van der Waals surface area contributed by atoms with Crippen molar-refractivity contribution in [2.45, 2.75) is 58.2 Å². The topological polar surface area (TPSA) is 50.4 Å². The SMILES string of the molecule is CC(C)(C)OC(=O)NCC1CCCC1NCc1ccc(Cl)cc1. The number of hydrogen-bond acceptors (Lipinski definition) is 3. The Morgan fingerprint density at radius 3 is 2.61 bits per heavy atom. The van der Waals surface area contributed by atoms with E-state index in [1.54, 1.807) is 0 Å². The molecule has 1 aliphatic rings. The Morgan fingerprint density at radius 1 is 1.26 bits per heavy atom. The maximum atomic E-state index is 11.8. The molecule has 0 spiro atoms. The predicted octanol–water partition coefficient (Wildman–Crippen LogP) is 4.12. The number of halogens is 1. The number of carbonyl (C=O) groups excluding carboxylic acids is 1. The second kappa shape index (κ2) is 8.02. The van der Waals surface area contributed by atoms with Crippen LogP contribution in [-0.4, -0.2) is 24.3 Å². The fraction of sp³-hybridized carbons (Fsp3) is 0.611. The molecule has 1 saturated carbocycles. The molecule has 0 aromatic heterocycles. The van der Waals surface area contributed by atoms with Gasteiger partial charge >= 0.3 is 6.09 Å². The molecular formula is C18H27ClN2O2. The molecule has 128 valence electrons. The summed E-state index contributed by atoms with van der Waals surface area (Å²) in [5, 5.41) is 7.26. The highest BCUT2D eigenvalue weighted by Crippen LogP contribution is 2.25. The highest BCUT2D eigenvalue weighted by molar-refractivity contribution is 6.30. The van der Waals surface area contributed by atoms with Gasteiger partial charge in [0, 0.05) is 24.2 Å². The third-order valence-corrected chi connectivity index (χ3v) is 4.30. The van der Waals surface area contributed by atoms with E-state index in [1.807, 2.05) is 45.0 Å². The van der Waals surface area contributed by atoms with Gasteiger partial charge in [-0.1, -0.05) is 30.2 Å². The Morgan fingerprint density at radius 2 is 1.96 bits per heavy atom. The van der Waals surface area contributed by atoms with Gasteiger partial charge in [0.2, 0.25) is 0 Å². The normalized spacial score (nSPS) is 21.2. The largest absolute Gasteiger partial charge is 0.444 e. The molecule has 0 heterocycles. The van der Waals surface area contributed by atoms with Crippen molar-refractivity contribution in [1.82, 2.24) is 10.6 Å². The molecule has 1 amide bonds. The van der Waals surface area contributed by atoms with Crippen LogP contribution in [0.2, 0.25) is 5.02 Å². The average molecular weight is 339 g/mol.